The first kappa shape index (κ1) is 19.7. The Bertz CT molecular complexity index is 902. The van der Waals surface area contributed by atoms with Gasteiger partial charge in [0.25, 0.3) is 0 Å². The minimum atomic E-state index is -0.316. The van der Waals surface area contributed by atoms with Crippen molar-refractivity contribution in [1.82, 2.24) is 9.47 Å². The van der Waals surface area contributed by atoms with Crippen LogP contribution in [-0.4, -0.2) is 22.6 Å². The zero-order valence-corrected chi connectivity index (χ0v) is 16.5. The van der Waals surface area contributed by atoms with E-state index in [4.69, 9.17) is 4.74 Å². The van der Waals surface area contributed by atoms with Crippen molar-refractivity contribution in [2.45, 2.75) is 32.4 Å². The van der Waals surface area contributed by atoms with Crippen LogP contribution in [0.25, 0.3) is 10.9 Å². The SMILES string of the molecule is Cl.Cn1c(COc2ccccc2F)c(CN2CCCCC2)c2ccccc21. The molecule has 144 valence electrons. The summed E-state index contributed by atoms with van der Waals surface area (Å²) >= 11 is 0. The minimum absolute atomic E-state index is 0. The molecule has 0 saturated carbocycles. The number of fused-ring (bicyclic) bond motifs is 1. The lowest BCUT2D eigenvalue weighted by Gasteiger charge is -2.26. The molecule has 0 radical (unpaired) electrons. The van der Waals surface area contributed by atoms with Gasteiger partial charge in [-0.1, -0.05) is 36.8 Å². The number of nitrogens with zero attached hydrogens (tertiary/aromatic N) is 2. The van der Waals surface area contributed by atoms with Crippen molar-refractivity contribution in [2.75, 3.05) is 13.1 Å². The highest BCUT2D eigenvalue weighted by molar-refractivity contribution is 5.85. The number of benzene rings is 2. The van der Waals surface area contributed by atoms with Gasteiger partial charge in [0.2, 0.25) is 0 Å². The van der Waals surface area contributed by atoms with E-state index >= 15 is 0 Å². The van der Waals surface area contributed by atoms with Crippen LogP contribution < -0.4 is 4.74 Å². The molecule has 0 aliphatic carbocycles. The van der Waals surface area contributed by atoms with Crippen molar-refractivity contribution in [3.8, 4) is 5.75 Å². The van der Waals surface area contributed by atoms with Gasteiger partial charge in [0, 0.05) is 24.5 Å². The lowest BCUT2D eigenvalue weighted by molar-refractivity contribution is 0.218. The van der Waals surface area contributed by atoms with Gasteiger partial charge < -0.3 is 9.30 Å². The molecule has 0 unspecified atom stereocenters. The van der Waals surface area contributed by atoms with Crippen molar-refractivity contribution in [3.63, 3.8) is 0 Å². The highest BCUT2D eigenvalue weighted by Gasteiger charge is 2.19. The van der Waals surface area contributed by atoms with Crippen molar-refractivity contribution < 1.29 is 9.13 Å². The van der Waals surface area contributed by atoms with Gasteiger partial charge in [-0.15, -0.1) is 12.4 Å². The van der Waals surface area contributed by atoms with Crippen LogP contribution in [0.1, 0.15) is 30.5 Å². The number of hydrogen-bond acceptors (Lipinski definition) is 2. The summed E-state index contributed by atoms with van der Waals surface area (Å²) in [5.74, 6) is -0.00877. The molecule has 27 heavy (non-hydrogen) atoms. The number of rotatable bonds is 5. The average Bonchev–Trinajstić information content (AvgIpc) is 2.94. The zero-order chi connectivity index (χ0) is 17.9. The van der Waals surface area contributed by atoms with Gasteiger partial charge in [-0.2, -0.15) is 0 Å². The quantitative estimate of drug-likeness (QED) is 0.589. The van der Waals surface area contributed by atoms with E-state index in [1.807, 2.05) is 0 Å². The van der Waals surface area contributed by atoms with E-state index in [-0.39, 0.29) is 18.2 Å². The van der Waals surface area contributed by atoms with Gasteiger partial charge in [-0.25, -0.2) is 4.39 Å². The van der Waals surface area contributed by atoms with E-state index in [0.29, 0.717) is 12.4 Å². The van der Waals surface area contributed by atoms with Gasteiger partial charge in [0.15, 0.2) is 11.6 Å². The normalized spacial score (nSPS) is 14.9. The standard InChI is InChI=1S/C22H25FN2O.ClH/c1-24-20-11-5-3-9-17(20)18(15-25-13-7-2-8-14-25)21(24)16-26-22-12-6-4-10-19(22)23;/h3-6,9-12H,2,7-8,13-16H2,1H3;1H. The lowest BCUT2D eigenvalue weighted by Crippen LogP contribution is -2.29. The second kappa shape index (κ2) is 8.77. The van der Waals surface area contributed by atoms with Crippen LogP contribution in [0.4, 0.5) is 4.39 Å². The number of ether oxygens (including phenoxy) is 1. The fourth-order valence-corrected chi connectivity index (χ4v) is 3.93. The fourth-order valence-electron chi connectivity index (χ4n) is 3.93. The molecule has 0 bridgehead atoms. The molecule has 0 amide bonds. The number of hydrogen-bond donors (Lipinski definition) is 0. The minimum Gasteiger partial charge on any atom is -0.484 e. The number of halogens is 2. The molecule has 2 heterocycles. The van der Waals surface area contributed by atoms with Crippen LogP contribution in [0, 0.1) is 5.82 Å². The van der Waals surface area contributed by atoms with E-state index < -0.39 is 0 Å². The Labute approximate surface area is 166 Å². The Morgan fingerprint density at radius 2 is 1.67 bits per heavy atom. The van der Waals surface area contributed by atoms with Crippen LogP contribution >= 0.6 is 12.4 Å². The number of likely N-dealkylation sites (tertiary alicyclic amines) is 1. The summed E-state index contributed by atoms with van der Waals surface area (Å²) in [4.78, 5) is 2.53. The van der Waals surface area contributed by atoms with E-state index in [9.17, 15) is 4.39 Å². The maximum absolute atomic E-state index is 13.9. The molecule has 0 spiro atoms. The van der Waals surface area contributed by atoms with Crippen LogP contribution in [0.3, 0.4) is 0 Å². The summed E-state index contributed by atoms with van der Waals surface area (Å²) in [5.41, 5.74) is 3.63. The van der Waals surface area contributed by atoms with Crippen LogP contribution in [-0.2, 0) is 20.2 Å². The average molecular weight is 389 g/mol. The first-order valence-electron chi connectivity index (χ1n) is 9.39. The summed E-state index contributed by atoms with van der Waals surface area (Å²) in [5, 5.41) is 1.27. The highest BCUT2D eigenvalue weighted by Crippen LogP contribution is 2.29. The zero-order valence-electron chi connectivity index (χ0n) is 15.7. The number of aromatic nitrogens is 1. The Kier molecular flexibility index (Phi) is 6.40. The van der Waals surface area contributed by atoms with Gasteiger partial charge in [-0.3, -0.25) is 4.90 Å². The Balaban J connectivity index is 0.00000210. The van der Waals surface area contributed by atoms with Gasteiger partial charge in [0.05, 0.1) is 5.69 Å². The number of aryl methyl sites for hydroxylation is 1. The van der Waals surface area contributed by atoms with E-state index in [1.165, 1.54) is 41.8 Å². The first-order chi connectivity index (χ1) is 12.7. The summed E-state index contributed by atoms with van der Waals surface area (Å²) in [6.45, 7) is 3.60. The Morgan fingerprint density at radius 3 is 2.44 bits per heavy atom. The highest BCUT2D eigenvalue weighted by atomic mass is 35.5. The molecule has 3 nitrogen and oxygen atoms in total. The predicted molar refractivity (Wildman–Crippen MR) is 110 cm³/mol. The molecule has 1 aromatic heterocycles. The van der Waals surface area contributed by atoms with Crippen LogP contribution in [0.15, 0.2) is 48.5 Å². The molecule has 0 atom stereocenters. The molecule has 3 aromatic rings. The largest absolute Gasteiger partial charge is 0.484 e. The molecule has 1 saturated heterocycles. The van der Waals surface area contributed by atoms with Crippen LogP contribution in [0.5, 0.6) is 5.75 Å². The van der Waals surface area contributed by atoms with Gasteiger partial charge >= 0.3 is 0 Å². The molecular weight excluding hydrogens is 363 g/mol. The molecule has 5 heteroatoms. The monoisotopic (exact) mass is 388 g/mol. The summed E-state index contributed by atoms with van der Waals surface area (Å²) in [7, 11) is 2.07. The molecule has 1 aliphatic rings. The van der Waals surface area contributed by atoms with Crippen molar-refractivity contribution in [2.24, 2.45) is 7.05 Å². The molecule has 2 aromatic carbocycles. The van der Waals surface area contributed by atoms with E-state index in [2.05, 4.69) is 40.8 Å². The van der Waals surface area contributed by atoms with Crippen LogP contribution in [0.2, 0.25) is 0 Å². The molecule has 4 rings (SSSR count). The molecule has 0 N–H and O–H groups in total. The Morgan fingerprint density at radius 1 is 0.963 bits per heavy atom. The number of para-hydroxylation sites is 2. The lowest BCUT2D eigenvalue weighted by atomic mass is 10.1. The molecule has 1 aliphatic heterocycles. The van der Waals surface area contributed by atoms with Gasteiger partial charge in [0.1, 0.15) is 6.61 Å². The van der Waals surface area contributed by atoms with Crippen molar-refractivity contribution >= 4 is 23.3 Å². The topological polar surface area (TPSA) is 17.4 Å². The third-order valence-corrected chi connectivity index (χ3v) is 5.38. The second-order valence-electron chi connectivity index (χ2n) is 7.06. The van der Waals surface area contributed by atoms with E-state index in [0.717, 1.165) is 25.3 Å². The Hall–Kier alpha value is -2.04. The summed E-state index contributed by atoms with van der Waals surface area (Å²) < 4.78 is 22.0. The predicted octanol–water partition coefficient (Wildman–Crippen LogP) is 5.30. The second-order valence-corrected chi connectivity index (χ2v) is 7.06. The first-order valence-corrected chi connectivity index (χ1v) is 9.39. The smallest absolute Gasteiger partial charge is 0.165 e. The summed E-state index contributed by atoms with van der Waals surface area (Å²) in [6.07, 6.45) is 3.87. The third-order valence-electron chi connectivity index (χ3n) is 5.38. The maximum atomic E-state index is 13.9. The molecular formula is C22H26ClFN2O. The third kappa shape index (κ3) is 4.12. The van der Waals surface area contributed by atoms with Crippen molar-refractivity contribution in [3.05, 3.63) is 65.6 Å². The summed E-state index contributed by atoms with van der Waals surface area (Å²) in [6, 6.07) is 15.1. The van der Waals surface area contributed by atoms with Gasteiger partial charge in [-0.05, 0) is 49.7 Å². The maximum Gasteiger partial charge on any atom is 0.165 e. The van der Waals surface area contributed by atoms with E-state index in [1.54, 1.807) is 18.2 Å². The van der Waals surface area contributed by atoms with Crippen molar-refractivity contribution in [1.29, 1.82) is 0 Å². The number of piperidine rings is 1. The fraction of sp³-hybridized carbons (Fsp3) is 0.364. The molecule has 1 fully saturated rings.